The fraction of sp³-hybridized carbons (Fsp3) is 0.500. The molecule has 0 aliphatic rings. The van der Waals surface area contributed by atoms with Crippen LogP contribution in [-0.2, 0) is 4.79 Å². The molecule has 0 radical (unpaired) electrons. The van der Waals surface area contributed by atoms with Crippen LogP contribution in [0.15, 0.2) is 12.2 Å². The van der Waals surface area contributed by atoms with Crippen LogP contribution in [0.5, 0.6) is 0 Å². The highest BCUT2D eigenvalue weighted by Crippen LogP contribution is 2.07. The molecule has 1 unspecified atom stereocenters. The molecule has 0 aliphatic carbocycles. The second kappa shape index (κ2) is 4.30. The predicted octanol–water partition coefficient (Wildman–Crippen LogP) is 0.965. The molecule has 10 heavy (non-hydrogen) atoms. The average molecular weight is 165 g/mol. The van der Waals surface area contributed by atoms with Crippen molar-refractivity contribution in [3.05, 3.63) is 12.2 Å². The van der Waals surface area contributed by atoms with Crippen molar-refractivity contribution < 1.29 is 15.0 Å². The lowest BCUT2D eigenvalue weighted by molar-refractivity contribution is -0.132. The van der Waals surface area contributed by atoms with Crippen LogP contribution in [0.2, 0.25) is 0 Å². The van der Waals surface area contributed by atoms with Gasteiger partial charge in [0.2, 0.25) is 0 Å². The molecule has 58 valence electrons. The second-order valence-corrected chi connectivity index (χ2v) is 2.39. The summed E-state index contributed by atoms with van der Waals surface area (Å²) in [5.74, 6) is -1.04. The smallest absolute Gasteiger partial charge is 0.330 e. The lowest BCUT2D eigenvalue weighted by Gasteiger charge is -2.00. The maximum Gasteiger partial charge on any atom is 0.330 e. The van der Waals surface area contributed by atoms with Gasteiger partial charge in [0.1, 0.15) is 5.56 Å². The molecule has 4 heteroatoms. The largest absolute Gasteiger partial charge is 0.478 e. The van der Waals surface area contributed by atoms with Crippen LogP contribution in [-0.4, -0.2) is 21.7 Å². The van der Waals surface area contributed by atoms with E-state index in [2.05, 4.69) is 6.58 Å². The summed E-state index contributed by atoms with van der Waals surface area (Å²) in [6.07, 6.45) is 0.451. The number of carboxylic acids is 1. The number of carboxylic acid groups (broad SMARTS) is 1. The number of rotatable bonds is 4. The van der Waals surface area contributed by atoms with E-state index in [-0.39, 0.29) is 18.4 Å². The van der Waals surface area contributed by atoms with Gasteiger partial charge in [-0.3, -0.25) is 0 Å². The van der Waals surface area contributed by atoms with Crippen LogP contribution in [0.1, 0.15) is 12.8 Å². The van der Waals surface area contributed by atoms with Crippen molar-refractivity contribution in [1.82, 2.24) is 0 Å². The van der Waals surface area contributed by atoms with Crippen molar-refractivity contribution >= 4 is 17.6 Å². The van der Waals surface area contributed by atoms with Crippen LogP contribution >= 0.6 is 11.6 Å². The minimum Gasteiger partial charge on any atom is -0.478 e. The molecule has 0 saturated heterocycles. The van der Waals surface area contributed by atoms with Crippen LogP contribution < -0.4 is 0 Å². The van der Waals surface area contributed by atoms with E-state index in [1.807, 2.05) is 0 Å². The van der Waals surface area contributed by atoms with Crippen molar-refractivity contribution in [2.75, 3.05) is 0 Å². The zero-order valence-electron chi connectivity index (χ0n) is 5.38. The number of alkyl halides is 1. The topological polar surface area (TPSA) is 57.5 Å². The van der Waals surface area contributed by atoms with Crippen molar-refractivity contribution in [2.24, 2.45) is 0 Å². The molecule has 0 saturated carbocycles. The van der Waals surface area contributed by atoms with Gasteiger partial charge in [-0.05, 0) is 12.8 Å². The van der Waals surface area contributed by atoms with E-state index < -0.39 is 11.5 Å². The Morgan fingerprint density at radius 2 is 2.20 bits per heavy atom. The van der Waals surface area contributed by atoms with Gasteiger partial charge < -0.3 is 10.2 Å². The van der Waals surface area contributed by atoms with Gasteiger partial charge in [-0.15, -0.1) is 0 Å². The first kappa shape index (κ1) is 9.46. The SMILES string of the molecule is C=C(CCC(O)Cl)C(=O)O. The van der Waals surface area contributed by atoms with E-state index in [1.165, 1.54) is 0 Å². The first-order valence-electron chi connectivity index (χ1n) is 2.77. The van der Waals surface area contributed by atoms with E-state index >= 15 is 0 Å². The van der Waals surface area contributed by atoms with Crippen molar-refractivity contribution in [3.63, 3.8) is 0 Å². The highest BCUT2D eigenvalue weighted by atomic mass is 35.5. The first-order chi connectivity index (χ1) is 4.54. The van der Waals surface area contributed by atoms with E-state index in [1.54, 1.807) is 0 Å². The summed E-state index contributed by atoms with van der Waals surface area (Å²) in [4.78, 5) is 10.1. The normalized spacial score (nSPS) is 12.6. The fourth-order valence-corrected chi connectivity index (χ4v) is 0.509. The highest BCUT2D eigenvalue weighted by Gasteiger charge is 2.05. The van der Waals surface area contributed by atoms with Crippen LogP contribution in [0.4, 0.5) is 0 Å². The Hall–Kier alpha value is -0.540. The van der Waals surface area contributed by atoms with E-state index in [9.17, 15) is 4.79 Å². The number of hydrogen-bond donors (Lipinski definition) is 2. The average Bonchev–Trinajstić information content (AvgIpc) is 1.82. The Balaban J connectivity index is 3.50. The maximum atomic E-state index is 10.1. The third-order valence-electron chi connectivity index (χ3n) is 0.987. The first-order valence-corrected chi connectivity index (χ1v) is 3.21. The summed E-state index contributed by atoms with van der Waals surface area (Å²) in [7, 11) is 0. The Kier molecular flexibility index (Phi) is 4.07. The molecule has 0 heterocycles. The maximum absolute atomic E-state index is 10.1. The standard InChI is InChI=1S/C6H9ClO3/c1-4(6(9)10)2-3-5(7)8/h5,8H,1-3H2,(H,9,10). The van der Waals surface area contributed by atoms with Crippen molar-refractivity contribution in [1.29, 1.82) is 0 Å². The zero-order chi connectivity index (χ0) is 8.15. The summed E-state index contributed by atoms with van der Waals surface area (Å²) in [6.45, 7) is 3.26. The van der Waals surface area contributed by atoms with Gasteiger partial charge in [0.25, 0.3) is 0 Å². The minimum atomic E-state index is -1.04. The molecule has 0 aromatic rings. The molecular weight excluding hydrogens is 156 g/mol. The van der Waals surface area contributed by atoms with E-state index in [4.69, 9.17) is 21.8 Å². The summed E-state index contributed by atoms with van der Waals surface area (Å²) in [5.41, 5.74) is -0.907. The summed E-state index contributed by atoms with van der Waals surface area (Å²) >= 11 is 5.15. The number of carbonyl (C=O) groups is 1. The molecule has 0 aliphatic heterocycles. The second-order valence-electron chi connectivity index (χ2n) is 1.88. The third kappa shape index (κ3) is 4.35. The number of aliphatic hydroxyl groups is 1. The number of aliphatic hydroxyl groups excluding tert-OH is 1. The number of hydrogen-bond acceptors (Lipinski definition) is 2. The lowest BCUT2D eigenvalue weighted by Crippen LogP contribution is -2.02. The Morgan fingerprint density at radius 1 is 1.70 bits per heavy atom. The minimum absolute atomic E-state index is 0.0692. The molecule has 0 aromatic heterocycles. The lowest BCUT2D eigenvalue weighted by atomic mass is 10.2. The molecule has 1 atom stereocenters. The third-order valence-corrected chi connectivity index (χ3v) is 1.20. The number of halogens is 1. The Morgan fingerprint density at radius 3 is 2.50 bits per heavy atom. The van der Waals surface area contributed by atoms with Crippen LogP contribution in [0.3, 0.4) is 0 Å². The van der Waals surface area contributed by atoms with Crippen LogP contribution in [0, 0.1) is 0 Å². The summed E-state index contributed by atoms with van der Waals surface area (Å²) in [6, 6.07) is 0. The van der Waals surface area contributed by atoms with Gasteiger partial charge in [-0.2, -0.15) is 0 Å². The fourth-order valence-electron chi connectivity index (χ4n) is 0.400. The van der Waals surface area contributed by atoms with Crippen LogP contribution in [0.25, 0.3) is 0 Å². The molecule has 0 aromatic carbocycles. The molecular formula is C6H9ClO3. The van der Waals surface area contributed by atoms with Gasteiger partial charge in [0, 0.05) is 5.57 Å². The van der Waals surface area contributed by atoms with Gasteiger partial charge >= 0.3 is 5.97 Å². The monoisotopic (exact) mass is 164 g/mol. The molecule has 2 N–H and O–H groups in total. The molecule has 0 spiro atoms. The zero-order valence-corrected chi connectivity index (χ0v) is 6.14. The van der Waals surface area contributed by atoms with Gasteiger partial charge in [-0.25, -0.2) is 4.79 Å². The van der Waals surface area contributed by atoms with Gasteiger partial charge in [0.15, 0.2) is 0 Å². The molecule has 0 rings (SSSR count). The molecule has 0 bridgehead atoms. The van der Waals surface area contributed by atoms with Crippen molar-refractivity contribution in [2.45, 2.75) is 18.4 Å². The summed E-state index contributed by atoms with van der Waals surface area (Å²) < 4.78 is 0. The molecule has 3 nitrogen and oxygen atoms in total. The Labute approximate surface area is 63.9 Å². The molecule has 0 fully saturated rings. The van der Waals surface area contributed by atoms with Crippen molar-refractivity contribution in [3.8, 4) is 0 Å². The van der Waals surface area contributed by atoms with Gasteiger partial charge in [0.05, 0.1) is 0 Å². The number of aliphatic carboxylic acids is 1. The van der Waals surface area contributed by atoms with E-state index in [0.29, 0.717) is 0 Å². The van der Waals surface area contributed by atoms with E-state index in [0.717, 1.165) is 0 Å². The molecule has 0 amide bonds. The predicted molar refractivity (Wildman–Crippen MR) is 37.9 cm³/mol. The van der Waals surface area contributed by atoms with Gasteiger partial charge in [-0.1, -0.05) is 18.2 Å². The quantitative estimate of drug-likeness (QED) is 0.481. The highest BCUT2D eigenvalue weighted by molar-refractivity contribution is 6.19. The Bertz CT molecular complexity index is 142. The summed E-state index contributed by atoms with van der Waals surface area (Å²) in [5, 5.41) is 16.8.